The maximum atomic E-state index is 13.1. The van der Waals surface area contributed by atoms with Crippen LogP contribution in [0.25, 0.3) is 11.3 Å². The third-order valence-electron chi connectivity index (χ3n) is 5.16. The van der Waals surface area contributed by atoms with Gasteiger partial charge in [0.1, 0.15) is 12.4 Å². The maximum Gasteiger partial charge on any atom is 0.243 e. The monoisotopic (exact) mass is 378 g/mol. The number of benzene rings is 1. The van der Waals surface area contributed by atoms with Gasteiger partial charge < -0.3 is 18.7 Å². The molecule has 5 rings (SSSR count). The molecule has 2 aromatic rings. The molecule has 0 aliphatic carbocycles. The van der Waals surface area contributed by atoms with Gasteiger partial charge in [-0.3, -0.25) is 0 Å². The van der Waals surface area contributed by atoms with Crippen molar-refractivity contribution < 1.29 is 27.2 Å². The molecular formula is C17H18N2O6S. The summed E-state index contributed by atoms with van der Waals surface area (Å²) in [5, 5.41) is 3.78. The second kappa shape index (κ2) is 5.78. The number of aromatic nitrogens is 1. The minimum Gasteiger partial charge on any atom is -0.488 e. The van der Waals surface area contributed by atoms with Crippen LogP contribution in [-0.2, 0) is 26.1 Å². The average molecular weight is 378 g/mol. The van der Waals surface area contributed by atoms with E-state index in [9.17, 15) is 8.42 Å². The molecular weight excluding hydrogens is 360 g/mol. The summed E-state index contributed by atoms with van der Waals surface area (Å²) in [6.07, 6.45) is 2.66. The number of ether oxygens (including phenoxy) is 3. The van der Waals surface area contributed by atoms with E-state index in [0.717, 1.165) is 5.56 Å². The summed E-state index contributed by atoms with van der Waals surface area (Å²) in [7, 11) is -3.62. The van der Waals surface area contributed by atoms with E-state index in [1.807, 2.05) is 0 Å². The number of rotatable bonds is 2. The fraction of sp³-hybridized carbons (Fsp3) is 0.471. The number of nitrogens with zero attached hydrogens (tertiary/aromatic N) is 2. The molecule has 1 aromatic heterocycles. The fourth-order valence-corrected chi connectivity index (χ4v) is 5.18. The van der Waals surface area contributed by atoms with Crippen LogP contribution in [0.4, 0.5) is 0 Å². The quantitative estimate of drug-likeness (QED) is 0.786. The molecule has 1 spiro atoms. The largest absolute Gasteiger partial charge is 0.488 e. The van der Waals surface area contributed by atoms with Crippen LogP contribution in [0, 0.1) is 0 Å². The van der Waals surface area contributed by atoms with Gasteiger partial charge in [-0.1, -0.05) is 5.16 Å². The summed E-state index contributed by atoms with van der Waals surface area (Å²) in [6.45, 7) is 2.23. The summed E-state index contributed by atoms with van der Waals surface area (Å²) in [4.78, 5) is 0.216. The van der Waals surface area contributed by atoms with Gasteiger partial charge in [0.05, 0.1) is 35.4 Å². The Morgan fingerprint density at radius 2 is 1.88 bits per heavy atom. The Balaban J connectivity index is 1.44. The van der Waals surface area contributed by atoms with E-state index in [2.05, 4.69) is 5.16 Å². The average Bonchev–Trinajstić information content (AvgIpc) is 3.31. The molecule has 0 amide bonds. The summed E-state index contributed by atoms with van der Waals surface area (Å²) < 4.78 is 49.9. The third-order valence-corrected chi connectivity index (χ3v) is 7.05. The molecule has 0 atom stereocenters. The zero-order chi connectivity index (χ0) is 17.8. The molecule has 26 heavy (non-hydrogen) atoms. The molecule has 0 bridgehead atoms. The van der Waals surface area contributed by atoms with Crippen molar-refractivity contribution in [3.8, 4) is 17.1 Å². The molecule has 3 aliphatic rings. The highest BCUT2D eigenvalue weighted by Crippen LogP contribution is 2.40. The Morgan fingerprint density at radius 1 is 1.12 bits per heavy atom. The molecule has 9 heteroatoms. The van der Waals surface area contributed by atoms with E-state index < -0.39 is 15.8 Å². The van der Waals surface area contributed by atoms with Gasteiger partial charge in [-0.2, -0.15) is 4.31 Å². The fourth-order valence-electron chi connectivity index (χ4n) is 3.72. The third kappa shape index (κ3) is 2.46. The summed E-state index contributed by atoms with van der Waals surface area (Å²) >= 11 is 0. The molecule has 2 fully saturated rings. The number of hydrogen-bond acceptors (Lipinski definition) is 7. The van der Waals surface area contributed by atoms with Gasteiger partial charge in [-0.15, -0.1) is 0 Å². The van der Waals surface area contributed by atoms with Crippen molar-refractivity contribution in [3.63, 3.8) is 0 Å². The van der Waals surface area contributed by atoms with Crippen LogP contribution in [0.15, 0.2) is 33.8 Å². The summed E-state index contributed by atoms with van der Waals surface area (Å²) in [5.74, 6) is 0.553. The topological polar surface area (TPSA) is 91.1 Å². The summed E-state index contributed by atoms with van der Waals surface area (Å²) in [5.41, 5.74) is 1.42. The van der Waals surface area contributed by atoms with Crippen LogP contribution in [0.2, 0.25) is 0 Å². The van der Waals surface area contributed by atoms with Gasteiger partial charge in [0.25, 0.3) is 0 Å². The first-order valence-corrected chi connectivity index (χ1v) is 10.0. The Bertz CT molecular complexity index is 938. The Labute approximate surface area is 150 Å². The lowest BCUT2D eigenvalue weighted by molar-refractivity contribution is -0.179. The molecule has 8 nitrogen and oxygen atoms in total. The lowest BCUT2D eigenvalue weighted by Gasteiger charge is -2.36. The van der Waals surface area contributed by atoms with E-state index in [0.29, 0.717) is 62.8 Å². The Kier molecular flexibility index (Phi) is 3.61. The minimum atomic E-state index is -3.62. The van der Waals surface area contributed by atoms with E-state index in [-0.39, 0.29) is 4.90 Å². The van der Waals surface area contributed by atoms with E-state index in [1.54, 1.807) is 24.4 Å². The molecule has 2 saturated heterocycles. The highest BCUT2D eigenvalue weighted by molar-refractivity contribution is 7.89. The van der Waals surface area contributed by atoms with Gasteiger partial charge in [-0.25, -0.2) is 8.42 Å². The number of sulfonamides is 1. The van der Waals surface area contributed by atoms with Crippen LogP contribution < -0.4 is 4.74 Å². The van der Waals surface area contributed by atoms with Crippen molar-refractivity contribution in [1.82, 2.24) is 9.46 Å². The smallest absolute Gasteiger partial charge is 0.243 e. The highest BCUT2D eigenvalue weighted by Gasteiger charge is 2.42. The van der Waals surface area contributed by atoms with Crippen LogP contribution in [0.5, 0.6) is 5.75 Å². The lowest BCUT2D eigenvalue weighted by Crippen LogP contribution is -2.47. The van der Waals surface area contributed by atoms with E-state index in [4.69, 9.17) is 18.7 Å². The first-order valence-electron chi connectivity index (χ1n) is 8.56. The maximum absolute atomic E-state index is 13.1. The lowest BCUT2D eigenvalue weighted by atomic mass is 10.1. The van der Waals surface area contributed by atoms with Gasteiger partial charge >= 0.3 is 0 Å². The number of hydrogen-bond donors (Lipinski definition) is 0. The first-order chi connectivity index (χ1) is 12.6. The predicted molar refractivity (Wildman–Crippen MR) is 88.9 cm³/mol. The van der Waals surface area contributed by atoms with Gasteiger partial charge in [0.2, 0.25) is 10.0 Å². The van der Waals surface area contributed by atoms with E-state index >= 15 is 0 Å². The van der Waals surface area contributed by atoms with Crippen LogP contribution in [0.1, 0.15) is 18.4 Å². The van der Waals surface area contributed by atoms with Gasteiger partial charge in [0, 0.05) is 25.9 Å². The first kappa shape index (κ1) is 16.2. The van der Waals surface area contributed by atoms with Crippen molar-refractivity contribution >= 4 is 10.0 Å². The predicted octanol–water partition coefficient (Wildman–Crippen LogP) is 1.76. The molecule has 0 unspecified atom stereocenters. The van der Waals surface area contributed by atoms with Crippen LogP contribution in [0.3, 0.4) is 0 Å². The molecule has 0 radical (unpaired) electrons. The van der Waals surface area contributed by atoms with E-state index in [1.165, 1.54) is 4.31 Å². The molecule has 0 N–H and O–H groups in total. The molecule has 138 valence electrons. The standard InChI is InChI=1S/C17H18N2O6S/c20-26(21,19-5-3-17(4-6-19)23-7-8-24-17)13-1-2-15-14(9-13)16-12(11-22-15)10-18-25-16/h1-2,9-10H,3-8,11H2. The molecule has 0 saturated carbocycles. The normalized spacial score (nSPS) is 22.0. The molecule has 3 aliphatic heterocycles. The number of piperidine rings is 1. The second-order valence-electron chi connectivity index (χ2n) is 6.64. The zero-order valence-electron chi connectivity index (χ0n) is 14.0. The van der Waals surface area contributed by atoms with Gasteiger partial charge in [0.15, 0.2) is 11.5 Å². The van der Waals surface area contributed by atoms with Crippen molar-refractivity contribution in [2.75, 3.05) is 26.3 Å². The van der Waals surface area contributed by atoms with Crippen molar-refractivity contribution in [1.29, 1.82) is 0 Å². The van der Waals surface area contributed by atoms with Crippen molar-refractivity contribution in [2.45, 2.75) is 30.1 Å². The van der Waals surface area contributed by atoms with Crippen LogP contribution >= 0.6 is 0 Å². The van der Waals surface area contributed by atoms with Crippen molar-refractivity contribution in [3.05, 3.63) is 30.0 Å². The highest BCUT2D eigenvalue weighted by atomic mass is 32.2. The Hall–Kier alpha value is -1.94. The molecule has 4 heterocycles. The Morgan fingerprint density at radius 3 is 2.65 bits per heavy atom. The second-order valence-corrected chi connectivity index (χ2v) is 8.58. The van der Waals surface area contributed by atoms with Crippen LogP contribution in [-0.4, -0.2) is 50.0 Å². The minimum absolute atomic E-state index is 0.216. The van der Waals surface area contributed by atoms with Gasteiger partial charge in [-0.05, 0) is 18.2 Å². The number of fused-ring (bicyclic) bond motifs is 3. The van der Waals surface area contributed by atoms with Crippen molar-refractivity contribution in [2.24, 2.45) is 0 Å². The molecule has 1 aromatic carbocycles. The summed E-state index contributed by atoms with van der Waals surface area (Å²) in [6, 6.07) is 4.84. The SMILES string of the molecule is O=S(=O)(c1ccc2c(c1)-c1oncc1CO2)N1CCC2(CC1)OCCO2. The zero-order valence-corrected chi connectivity index (χ0v) is 14.8.